The summed E-state index contributed by atoms with van der Waals surface area (Å²) in [5.41, 5.74) is 0.844. The van der Waals surface area contributed by atoms with E-state index in [0.717, 1.165) is 10.2 Å². The number of amides is 2. The van der Waals surface area contributed by atoms with Gasteiger partial charge in [0.25, 0.3) is 5.91 Å². The number of piperidine rings is 1. The van der Waals surface area contributed by atoms with E-state index < -0.39 is 0 Å². The van der Waals surface area contributed by atoms with Gasteiger partial charge in [-0.1, -0.05) is 17.3 Å². The largest absolute Gasteiger partial charge is 0.347 e. The minimum absolute atomic E-state index is 0.0436. The molecule has 1 N–H and O–H groups in total. The molecule has 0 unspecified atom stereocenters. The predicted octanol–water partition coefficient (Wildman–Crippen LogP) is 2.16. The van der Waals surface area contributed by atoms with E-state index >= 15 is 0 Å². The summed E-state index contributed by atoms with van der Waals surface area (Å²) in [6.45, 7) is 3.05. The summed E-state index contributed by atoms with van der Waals surface area (Å²) in [7, 11) is 0. The Balaban J connectivity index is 1.31. The van der Waals surface area contributed by atoms with Crippen molar-refractivity contribution < 1.29 is 14.1 Å². The van der Waals surface area contributed by atoms with E-state index in [4.69, 9.17) is 4.52 Å². The van der Waals surface area contributed by atoms with Crippen molar-refractivity contribution in [2.45, 2.75) is 26.3 Å². The van der Waals surface area contributed by atoms with Crippen LogP contribution in [-0.4, -0.2) is 44.9 Å². The van der Waals surface area contributed by atoms with Crippen LogP contribution in [0.2, 0.25) is 0 Å². The van der Waals surface area contributed by atoms with Gasteiger partial charge >= 0.3 is 0 Å². The Bertz CT molecular complexity index is 941. The summed E-state index contributed by atoms with van der Waals surface area (Å²) < 4.78 is 6.00. The molecule has 1 saturated heterocycles. The van der Waals surface area contributed by atoms with Crippen molar-refractivity contribution in [3.8, 4) is 0 Å². The van der Waals surface area contributed by atoms with Crippen molar-refractivity contribution >= 4 is 33.4 Å². The van der Waals surface area contributed by atoms with Crippen LogP contribution in [0.3, 0.4) is 0 Å². The second-order valence-electron chi connectivity index (χ2n) is 6.51. The highest BCUT2D eigenvalue weighted by molar-refractivity contribution is 7.20. The predicted molar refractivity (Wildman–Crippen MR) is 99.1 cm³/mol. The Labute approximate surface area is 159 Å². The fourth-order valence-corrected chi connectivity index (χ4v) is 4.10. The van der Waals surface area contributed by atoms with Gasteiger partial charge in [-0.2, -0.15) is 4.98 Å². The van der Waals surface area contributed by atoms with E-state index in [9.17, 15) is 9.59 Å². The topological polar surface area (TPSA) is 101 Å². The average Bonchev–Trinajstić information content (AvgIpc) is 3.31. The number of carbonyl (C=O) groups excluding carboxylic acids is 2. The first-order chi connectivity index (χ1) is 13.1. The molecule has 1 aliphatic rings. The number of nitrogens with one attached hydrogen (secondary N) is 1. The number of likely N-dealkylation sites (tertiary alicyclic amines) is 1. The molecule has 2 aromatic heterocycles. The second kappa shape index (κ2) is 7.43. The van der Waals surface area contributed by atoms with E-state index in [0.29, 0.717) is 42.7 Å². The Morgan fingerprint density at radius 2 is 2.04 bits per heavy atom. The van der Waals surface area contributed by atoms with E-state index in [-0.39, 0.29) is 24.3 Å². The summed E-state index contributed by atoms with van der Waals surface area (Å²) in [4.78, 5) is 35.3. The van der Waals surface area contributed by atoms with Crippen LogP contribution in [0.5, 0.6) is 0 Å². The molecule has 9 heteroatoms. The Morgan fingerprint density at radius 1 is 1.26 bits per heavy atom. The number of para-hydroxylation sites is 1. The van der Waals surface area contributed by atoms with Crippen LogP contribution in [0.15, 0.2) is 28.8 Å². The van der Waals surface area contributed by atoms with Gasteiger partial charge in [0.2, 0.25) is 11.8 Å². The maximum atomic E-state index is 12.7. The summed E-state index contributed by atoms with van der Waals surface area (Å²) in [5.74, 6) is 0.716. The first-order valence-electron chi connectivity index (χ1n) is 8.82. The third-order valence-corrected chi connectivity index (χ3v) is 5.64. The average molecular weight is 385 g/mol. The molecule has 0 saturated carbocycles. The second-order valence-corrected chi connectivity index (χ2v) is 7.54. The van der Waals surface area contributed by atoms with E-state index in [1.807, 2.05) is 24.3 Å². The molecule has 3 aromatic rings. The fraction of sp³-hybridized carbons (Fsp3) is 0.389. The molecule has 4 rings (SSSR count). The van der Waals surface area contributed by atoms with Crippen LogP contribution in [0.1, 0.15) is 34.4 Å². The zero-order chi connectivity index (χ0) is 18.8. The lowest BCUT2D eigenvalue weighted by Gasteiger charge is -2.30. The zero-order valence-corrected chi connectivity index (χ0v) is 15.7. The maximum Gasteiger partial charge on any atom is 0.282 e. The van der Waals surface area contributed by atoms with Crippen LogP contribution in [0, 0.1) is 12.8 Å². The van der Waals surface area contributed by atoms with Crippen molar-refractivity contribution in [2.24, 2.45) is 5.92 Å². The Kier molecular flexibility index (Phi) is 4.85. The highest BCUT2D eigenvalue weighted by Crippen LogP contribution is 2.25. The molecular formula is C18H19N5O3S. The molecule has 27 heavy (non-hydrogen) atoms. The van der Waals surface area contributed by atoms with Crippen molar-refractivity contribution in [3.05, 3.63) is 41.0 Å². The highest BCUT2D eigenvalue weighted by atomic mass is 32.1. The smallest absolute Gasteiger partial charge is 0.282 e. The van der Waals surface area contributed by atoms with Gasteiger partial charge in [0.15, 0.2) is 10.8 Å². The van der Waals surface area contributed by atoms with Crippen LogP contribution < -0.4 is 5.32 Å². The first-order valence-corrected chi connectivity index (χ1v) is 9.63. The van der Waals surface area contributed by atoms with Gasteiger partial charge in [0.05, 0.1) is 16.8 Å². The number of aryl methyl sites for hydroxylation is 1. The number of rotatable bonds is 4. The molecule has 0 radical (unpaired) electrons. The molecule has 0 spiro atoms. The van der Waals surface area contributed by atoms with Gasteiger partial charge < -0.3 is 14.7 Å². The minimum atomic E-state index is -0.117. The van der Waals surface area contributed by atoms with Crippen LogP contribution >= 0.6 is 11.3 Å². The standard InChI is InChI=1S/C18H19N5O3S/c1-11-20-15(26-22-11)10-19-16(24)12-6-8-23(9-7-12)18(25)17-21-13-4-2-3-5-14(13)27-17/h2-5,12H,6-10H2,1H3,(H,19,24). The van der Waals surface area contributed by atoms with Gasteiger partial charge in [-0.05, 0) is 31.9 Å². The molecule has 0 atom stereocenters. The quantitative estimate of drug-likeness (QED) is 0.738. The van der Waals surface area contributed by atoms with Crippen molar-refractivity contribution in [1.29, 1.82) is 0 Å². The number of thiazole rings is 1. The molecule has 2 amide bonds. The Hall–Kier alpha value is -2.81. The highest BCUT2D eigenvalue weighted by Gasteiger charge is 2.29. The van der Waals surface area contributed by atoms with E-state index in [2.05, 4.69) is 20.4 Å². The zero-order valence-electron chi connectivity index (χ0n) is 14.8. The summed E-state index contributed by atoms with van der Waals surface area (Å²) in [6, 6.07) is 7.72. The van der Waals surface area contributed by atoms with E-state index in [1.165, 1.54) is 11.3 Å². The van der Waals surface area contributed by atoms with Crippen LogP contribution in [0.4, 0.5) is 0 Å². The third kappa shape index (κ3) is 3.82. The number of nitrogens with zero attached hydrogens (tertiary/aromatic N) is 4. The lowest BCUT2D eigenvalue weighted by molar-refractivity contribution is -0.126. The van der Waals surface area contributed by atoms with Gasteiger partial charge in [0, 0.05) is 19.0 Å². The van der Waals surface area contributed by atoms with Crippen molar-refractivity contribution in [2.75, 3.05) is 13.1 Å². The van der Waals surface area contributed by atoms with Gasteiger partial charge in [0.1, 0.15) is 0 Å². The number of hydrogen-bond donors (Lipinski definition) is 1. The van der Waals surface area contributed by atoms with Crippen molar-refractivity contribution in [1.82, 2.24) is 25.3 Å². The number of hydrogen-bond acceptors (Lipinski definition) is 7. The van der Waals surface area contributed by atoms with Crippen molar-refractivity contribution in [3.63, 3.8) is 0 Å². The van der Waals surface area contributed by atoms with Gasteiger partial charge in [-0.3, -0.25) is 9.59 Å². The monoisotopic (exact) mass is 385 g/mol. The molecule has 1 aliphatic heterocycles. The fourth-order valence-electron chi connectivity index (χ4n) is 3.16. The third-order valence-electron chi connectivity index (χ3n) is 4.61. The lowest BCUT2D eigenvalue weighted by Crippen LogP contribution is -2.42. The number of fused-ring (bicyclic) bond motifs is 1. The summed E-state index contributed by atoms with van der Waals surface area (Å²) >= 11 is 1.41. The molecule has 0 bridgehead atoms. The van der Waals surface area contributed by atoms with Crippen LogP contribution in [-0.2, 0) is 11.3 Å². The molecule has 0 aliphatic carbocycles. The number of carbonyl (C=O) groups is 2. The van der Waals surface area contributed by atoms with E-state index in [1.54, 1.807) is 11.8 Å². The molecule has 1 fully saturated rings. The summed E-state index contributed by atoms with van der Waals surface area (Å²) in [6.07, 6.45) is 1.26. The van der Waals surface area contributed by atoms with Gasteiger partial charge in [-0.25, -0.2) is 4.98 Å². The molecular weight excluding hydrogens is 366 g/mol. The van der Waals surface area contributed by atoms with Crippen LogP contribution in [0.25, 0.3) is 10.2 Å². The SMILES string of the molecule is Cc1noc(CNC(=O)C2CCN(C(=O)c3nc4ccccc4s3)CC2)n1. The molecule has 3 heterocycles. The number of aromatic nitrogens is 3. The normalized spacial score (nSPS) is 15.2. The lowest BCUT2D eigenvalue weighted by atomic mass is 9.96. The molecule has 1 aromatic carbocycles. The first kappa shape index (κ1) is 17.6. The number of benzene rings is 1. The molecule has 8 nitrogen and oxygen atoms in total. The Morgan fingerprint density at radius 3 is 2.74 bits per heavy atom. The minimum Gasteiger partial charge on any atom is -0.347 e. The maximum absolute atomic E-state index is 12.7. The van der Waals surface area contributed by atoms with Gasteiger partial charge in [-0.15, -0.1) is 11.3 Å². The summed E-state index contributed by atoms with van der Waals surface area (Å²) in [5, 5.41) is 7.03. The molecule has 140 valence electrons.